The van der Waals surface area contributed by atoms with Gasteiger partial charge in [0.1, 0.15) is 11.7 Å². The molecule has 0 fully saturated rings. The molecule has 0 bridgehead atoms. The second-order valence-corrected chi connectivity index (χ2v) is 7.60. The molecule has 0 saturated carbocycles. The van der Waals surface area contributed by atoms with Crippen molar-refractivity contribution in [3.63, 3.8) is 0 Å². The van der Waals surface area contributed by atoms with Crippen molar-refractivity contribution >= 4 is 35.1 Å². The molecule has 2 aromatic carbocycles. The summed E-state index contributed by atoms with van der Waals surface area (Å²) < 4.78 is 5.08. The molecular weight excluding hydrogens is 418 g/mol. The lowest BCUT2D eigenvalue weighted by Gasteiger charge is -2.25. The fourth-order valence-corrected chi connectivity index (χ4v) is 3.40. The van der Waals surface area contributed by atoms with Crippen molar-refractivity contribution in [3.05, 3.63) is 69.8 Å². The molecular formula is C22H21N3O7. The van der Waals surface area contributed by atoms with Gasteiger partial charge >= 0.3 is 5.97 Å². The molecule has 1 atom stereocenters. The Morgan fingerprint density at radius 3 is 2.16 bits per heavy atom. The average molecular weight is 439 g/mol. The first-order chi connectivity index (χ1) is 15.2. The number of carbonyl (C=O) groups excluding carboxylic acids is 4. The molecule has 1 aliphatic rings. The van der Waals surface area contributed by atoms with E-state index in [1.54, 1.807) is 12.1 Å². The number of ether oxygens (including phenoxy) is 1. The Bertz CT molecular complexity index is 1060. The molecule has 3 amide bonds. The normalized spacial score (nSPS) is 13.7. The fraction of sp³-hybridized carbons (Fsp3) is 0.273. The second-order valence-electron chi connectivity index (χ2n) is 7.60. The second kappa shape index (κ2) is 9.38. The van der Waals surface area contributed by atoms with Crippen molar-refractivity contribution in [2.45, 2.75) is 26.3 Å². The predicted octanol–water partition coefficient (Wildman–Crippen LogP) is 2.79. The predicted molar refractivity (Wildman–Crippen MR) is 113 cm³/mol. The van der Waals surface area contributed by atoms with E-state index in [0.717, 1.165) is 4.90 Å². The number of nitrogens with one attached hydrogen (secondary N) is 1. The topological polar surface area (TPSA) is 136 Å². The van der Waals surface area contributed by atoms with E-state index in [1.807, 2.05) is 13.8 Å². The van der Waals surface area contributed by atoms with Crippen LogP contribution in [0.3, 0.4) is 0 Å². The number of nitro groups is 1. The van der Waals surface area contributed by atoms with Gasteiger partial charge in [-0.15, -0.1) is 0 Å². The third kappa shape index (κ3) is 4.64. The Morgan fingerprint density at radius 1 is 1.03 bits per heavy atom. The zero-order valence-electron chi connectivity index (χ0n) is 17.4. The van der Waals surface area contributed by atoms with Crippen LogP contribution >= 0.6 is 0 Å². The molecule has 32 heavy (non-hydrogen) atoms. The third-order valence-electron chi connectivity index (χ3n) is 4.82. The van der Waals surface area contributed by atoms with Gasteiger partial charge in [0, 0.05) is 6.07 Å². The molecule has 0 aliphatic carbocycles. The molecule has 166 valence electrons. The number of hydrogen-bond donors (Lipinski definition) is 1. The van der Waals surface area contributed by atoms with E-state index in [0.29, 0.717) is 0 Å². The van der Waals surface area contributed by atoms with Gasteiger partial charge in [-0.3, -0.25) is 29.4 Å². The number of fused-ring (bicyclic) bond motifs is 1. The van der Waals surface area contributed by atoms with E-state index in [9.17, 15) is 29.3 Å². The Balaban J connectivity index is 1.71. The first-order valence-corrected chi connectivity index (χ1v) is 9.87. The van der Waals surface area contributed by atoms with Gasteiger partial charge in [-0.25, -0.2) is 4.79 Å². The number of nitro benzene ring substituents is 1. The molecule has 0 spiro atoms. The summed E-state index contributed by atoms with van der Waals surface area (Å²) in [4.78, 5) is 61.8. The Hall–Kier alpha value is -4.08. The number of esters is 1. The number of carbonyl (C=O) groups is 4. The average Bonchev–Trinajstić information content (AvgIpc) is 3.01. The molecule has 1 unspecified atom stereocenters. The number of amides is 3. The minimum atomic E-state index is -1.21. The van der Waals surface area contributed by atoms with E-state index in [-0.39, 0.29) is 34.8 Å². The van der Waals surface area contributed by atoms with Crippen molar-refractivity contribution < 1.29 is 28.8 Å². The highest BCUT2D eigenvalue weighted by molar-refractivity contribution is 6.22. The largest absolute Gasteiger partial charge is 0.454 e. The van der Waals surface area contributed by atoms with E-state index >= 15 is 0 Å². The smallest absolute Gasteiger partial charge is 0.329 e. The number of hydrogen-bond acceptors (Lipinski definition) is 7. The van der Waals surface area contributed by atoms with Crippen LogP contribution in [0.4, 0.5) is 11.4 Å². The van der Waals surface area contributed by atoms with Crippen molar-refractivity contribution in [1.29, 1.82) is 0 Å². The summed E-state index contributed by atoms with van der Waals surface area (Å²) in [6.45, 7) is 2.90. The first kappa shape index (κ1) is 22.6. The van der Waals surface area contributed by atoms with E-state index in [2.05, 4.69) is 5.32 Å². The summed E-state index contributed by atoms with van der Waals surface area (Å²) in [6, 6.07) is 10.6. The molecule has 0 aromatic heterocycles. The van der Waals surface area contributed by atoms with Crippen LogP contribution in [-0.4, -0.2) is 46.2 Å². The summed E-state index contributed by atoms with van der Waals surface area (Å²) in [6.07, 6.45) is 0.149. The highest BCUT2D eigenvalue weighted by Gasteiger charge is 2.43. The number of rotatable bonds is 8. The SMILES string of the molecule is CC(C)CC(C(=O)OCC(=O)Nc1ccccc1[N+](=O)[O-])N1C(=O)c2ccccc2C1=O. The molecule has 3 rings (SSSR count). The van der Waals surface area contributed by atoms with E-state index in [1.165, 1.54) is 36.4 Å². The van der Waals surface area contributed by atoms with Crippen LogP contribution in [0.25, 0.3) is 0 Å². The van der Waals surface area contributed by atoms with Gasteiger partial charge < -0.3 is 10.1 Å². The Kier molecular flexibility index (Phi) is 6.62. The molecule has 2 aromatic rings. The highest BCUT2D eigenvalue weighted by atomic mass is 16.6. The van der Waals surface area contributed by atoms with Crippen LogP contribution in [0, 0.1) is 16.0 Å². The lowest BCUT2D eigenvalue weighted by atomic mass is 10.0. The maximum absolute atomic E-state index is 12.8. The van der Waals surface area contributed by atoms with E-state index < -0.39 is 41.3 Å². The summed E-state index contributed by atoms with van der Waals surface area (Å²) in [7, 11) is 0. The summed E-state index contributed by atoms with van der Waals surface area (Å²) >= 11 is 0. The zero-order chi connectivity index (χ0) is 23.4. The maximum atomic E-state index is 12.8. The standard InChI is InChI=1S/C22H21N3O7/c1-13(2)11-18(24-20(27)14-7-3-4-8-15(14)21(24)28)22(29)32-12-19(26)23-16-9-5-6-10-17(16)25(30)31/h3-10,13,18H,11-12H2,1-2H3,(H,23,26). The Labute approximate surface area is 183 Å². The van der Waals surface area contributed by atoms with Gasteiger partial charge in [-0.2, -0.15) is 0 Å². The monoisotopic (exact) mass is 439 g/mol. The zero-order valence-corrected chi connectivity index (χ0v) is 17.4. The molecule has 0 saturated heterocycles. The van der Waals surface area contributed by atoms with Gasteiger partial charge in [0.2, 0.25) is 0 Å². The van der Waals surface area contributed by atoms with Gasteiger partial charge in [0.25, 0.3) is 23.4 Å². The van der Waals surface area contributed by atoms with Gasteiger partial charge in [0.05, 0.1) is 16.1 Å². The molecule has 0 radical (unpaired) electrons. The van der Waals surface area contributed by atoms with Crippen molar-refractivity contribution in [2.75, 3.05) is 11.9 Å². The van der Waals surface area contributed by atoms with Crippen LogP contribution in [-0.2, 0) is 14.3 Å². The number of imide groups is 1. The summed E-state index contributed by atoms with van der Waals surface area (Å²) in [5.74, 6) is -2.96. The molecule has 1 heterocycles. The van der Waals surface area contributed by atoms with Crippen molar-refractivity contribution in [3.8, 4) is 0 Å². The number of para-hydroxylation sites is 2. The highest BCUT2D eigenvalue weighted by Crippen LogP contribution is 2.27. The van der Waals surface area contributed by atoms with Crippen molar-refractivity contribution in [1.82, 2.24) is 4.90 Å². The first-order valence-electron chi connectivity index (χ1n) is 9.87. The number of nitrogens with zero attached hydrogens (tertiary/aromatic N) is 2. The number of anilines is 1. The summed E-state index contributed by atoms with van der Waals surface area (Å²) in [5, 5.41) is 13.4. The van der Waals surface area contributed by atoms with Gasteiger partial charge in [-0.05, 0) is 30.5 Å². The third-order valence-corrected chi connectivity index (χ3v) is 4.82. The lowest BCUT2D eigenvalue weighted by molar-refractivity contribution is -0.383. The fourth-order valence-electron chi connectivity index (χ4n) is 3.40. The van der Waals surface area contributed by atoms with Gasteiger partial charge in [0.15, 0.2) is 6.61 Å². The van der Waals surface area contributed by atoms with Crippen LogP contribution in [0.5, 0.6) is 0 Å². The van der Waals surface area contributed by atoms with Crippen LogP contribution < -0.4 is 5.32 Å². The van der Waals surface area contributed by atoms with Gasteiger partial charge in [-0.1, -0.05) is 38.1 Å². The lowest BCUT2D eigenvalue weighted by Crippen LogP contribution is -2.46. The molecule has 1 aliphatic heterocycles. The quantitative estimate of drug-likeness (QED) is 0.289. The maximum Gasteiger partial charge on any atom is 0.329 e. The minimum absolute atomic E-state index is 0.0439. The van der Waals surface area contributed by atoms with Crippen LogP contribution in [0.2, 0.25) is 0 Å². The van der Waals surface area contributed by atoms with Crippen LogP contribution in [0.15, 0.2) is 48.5 Å². The van der Waals surface area contributed by atoms with Crippen LogP contribution in [0.1, 0.15) is 41.0 Å². The van der Waals surface area contributed by atoms with Crippen molar-refractivity contribution in [2.24, 2.45) is 5.92 Å². The Morgan fingerprint density at radius 2 is 1.59 bits per heavy atom. The number of benzene rings is 2. The molecule has 10 heteroatoms. The summed E-state index contributed by atoms with van der Waals surface area (Å²) in [5.41, 5.74) is 0.0508. The minimum Gasteiger partial charge on any atom is -0.454 e. The molecule has 1 N–H and O–H groups in total. The molecule has 10 nitrogen and oxygen atoms in total. The van der Waals surface area contributed by atoms with E-state index in [4.69, 9.17) is 4.74 Å².